The van der Waals surface area contributed by atoms with Crippen molar-refractivity contribution >= 4 is 11.6 Å². The van der Waals surface area contributed by atoms with Crippen molar-refractivity contribution in [2.75, 3.05) is 25.0 Å². The van der Waals surface area contributed by atoms with Gasteiger partial charge in [-0.25, -0.2) is 0 Å². The quantitative estimate of drug-likeness (QED) is 0.581. The van der Waals surface area contributed by atoms with Crippen molar-refractivity contribution in [3.8, 4) is 5.75 Å². The van der Waals surface area contributed by atoms with Gasteiger partial charge in [0.1, 0.15) is 12.4 Å². The highest BCUT2D eigenvalue weighted by molar-refractivity contribution is 5.92. The molecule has 3 aromatic rings. The lowest BCUT2D eigenvalue weighted by atomic mass is 10.2. The first-order chi connectivity index (χ1) is 13.2. The Morgan fingerprint density at radius 1 is 1.04 bits per heavy atom. The van der Waals surface area contributed by atoms with Gasteiger partial charge in [0.05, 0.1) is 6.26 Å². The van der Waals surface area contributed by atoms with Crippen LogP contribution in [-0.4, -0.2) is 26.0 Å². The van der Waals surface area contributed by atoms with E-state index in [4.69, 9.17) is 9.15 Å². The first-order valence-corrected chi connectivity index (χ1v) is 9.02. The summed E-state index contributed by atoms with van der Waals surface area (Å²) in [6.45, 7) is 1.72. The molecule has 1 heterocycles. The van der Waals surface area contributed by atoms with Gasteiger partial charge in [0.25, 0.3) is 5.91 Å². The zero-order valence-corrected chi connectivity index (χ0v) is 15.4. The van der Waals surface area contributed by atoms with Crippen LogP contribution in [-0.2, 0) is 6.61 Å². The standard InChI is InChI=1S/C22H24N2O3/c1-24(19-9-4-2-5-10-19)15-8-14-23-22(25)21-18(13-16-26-21)17-27-20-11-6-3-7-12-20/h2-7,9-13,16H,8,14-15,17H2,1H3,(H,23,25). The smallest absolute Gasteiger partial charge is 0.287 e. The van der Waals surface area contributed by atoms with E-state index in [2.05, 4.69) is 22.3 Å². The van der Waals surface area contributed by atoms with Gasteiger partial charge in [-0.1, -0.05) is 36.4 Å². The molecule has 5 nitrogen and oxygen atoms in total. The first-order valence-electron chi connectivity index (χ1n) is 9.02. The van der Waals surface area contributed by atoms with Crippen LogP contribution in [0.5, 0.6) is 5.75 Å². The van der Waals surface area contributed by atoms with E-state index in [-0.39, 0.29) is 5.91 Å². The number of carbonyl (C=O) groups excluding carboxylic acids is 1. The maximum absolute atomic E-state index is 12.4. The molecule has 140 valence electrons. The Balaban J connectivity index is 1.44. The number of amides is 1. The number of benzene rings is 2. The summed E-state index contributed by atoms with van der Waals surface area (Å²) in [5, 5.41) is 2.92. The van der Waals surface area contributed by atoms with Crippen molar-refractivity contribution < 1.29 is 13.9 Å². The largest absolute Gasteiger partial charge is 0.489 e. The molecule has 1 amide bonds. The second kappa shape index (κ2) is 9.48. The Morgan fingerprint density at radius 3 is 2.48 bits per heavy atom. The van der Waals surface area contributed by atoms with E-state index in [1.165, 1.54) is 6.26 Å². The number of carbonyl (C=O) groups is 1. The number of hydrogen-bond donors (Lipinski definition) is 1. The molecule has 3 rings (SSSR count). The Hall–Kier alpha value is -3.21. The number of nitrogens with one attached hydrogen (secondary N) is 1. The highest BCUT2D eigenvalue weighted by atomic mass is 16.5. The van der Waals surface area contributed by atoms with E-state index >= 15 is 0 Å². The SMILES string of the molecule is CN(CCCNC(=O)c1occc1COc1ccccc1)c1ccccc1. The minimum Gasteiger partial charge on any atom is -0.489 e. The number of para-hydroxylation sites is 2. The molecular weight excluding hydrogens is 340 g/mol. The monoisotopic (exact) mass is 364 g/mol. The Morgan fingerprint density at radius 2 is 1.74 bits per heavy atom. The van der Waals surface area contributed by atoms with Crippen LogP contribution in [0.3, 0.4) is 0 Å². The van der Waals surface area contributed by atoms with Gasteiger partial charge in [-0.05, 0) is 36.8 Å². The van der Waals surface area contributed by atoms with Crippen LogP contribution in [0.15, 0.2) is 77.4 Å². The Labute approximate surface area is 159 Å². The molecule has 27 heavy (non-hydrogen) atoms. The summed E-state index contributed by atoms with van der Waals surface area (Å²) in [7, 11) is 2.04. The third-order valence-electron chi connectivity index (χ3n) is 4.24. The molecule has 0 fully saturated rings. The van der Waals surface area contributed by atoms with Gasteiger partial charge in [0.15, 0.2) is 5.76 Å². The average Bonchev–Trinajstić information content (AvgIpc) is 3.19. The summed E-state index contributed by atoms with van der Waals surface area (Å²) in [4.78, 5) is 14.5. The number of ether oxygens (including phenoxy) is 1. The normalized spacial score (nSPS) is 10.4. The van der Waals surface area contributed by atoms with E-state index < -0.39 is 0 Å². The molecule has 0 spiro atoms. The lowest BCUT2D eigenvalue weighted by molar-refractivity contribution is 0.0922. The van der Waals surface area contributed by atoms with Crippen LogP contribution in [0, 0.1) is 0 Å². The maximum Gasteiger partial charge on any atom is 0.287 e. The fourth-order valence-corrected chi connectivity index (χ4v) is 2.74. The van der Waals surface area contributed by atoms with E-state index in [1.54, 1.807) is 6.07 Å². The predicted octanol–water partition coefficient (Wildman–Crippen LogP) is 4.11. The van der Waals surface area contributed by atoms with Crippen molar-refractivity contribution in [3.05, 3.63) is 84.3 Å². The lowest BCUT2D eigenvalue weighted by Gasteiger charge is -2.19. The second-order valence-electron chi connectivity index (χ2n) is 6.24. The summed E-state index contributed by atoms with van der Waals surface area (Å²) in [5.74, 6) is 0.852. The molecule has 0 atom stereocenters. The predicted molar refractivity (Wildman–Crippen MR) is 106 cm³/mol. The zero-order chi connectivity index (χ0) is 18.9. The molecule has 1 N–H and O–H groups in total. The van der Waals surface area contributed by atoms with Crippen LogP contribution >= 0.6 is 0 Å². The summed E-state index contributed by atoms with van der Waals surface area (Å²) in [6, 6.07) is 21.4. The minimum atomic E-state index is -0.214. The van der Waals surface area contributed by atoms with Crippen LogP contribution in [0.2, 0.25) is 0 Å². The second-order valence-corrected chi connectivity index (χ2v) is 6.24. The van der Waals surface area contributed by atoms with Crippen LogP contribution in [0.25, 0.3) is 0 Å². The highest BCUT2D eigenvalue weighted by Gasteiger charge is 2.15. The van der Waals surface area contributed by atoms with E-state index in [1.807, 2.05) is 55.6 Å². The highest BCUT2D eigenvalue weighted by Crippen LogP contribution is 2.16. The number of hydrogen-bond acceptors (Lipinski definition) is 4. The van der Waals surface area contributed by atoms with Gasteiger partial charge in [-0.15, -0.1) is 0 Å². The fraction of sp³-hybridized carbons (Fsp3) is 0.227. The molecule has 0 saturated carbocycles. The molecule has 1 aromatic heterocycles. The summed E-state index contributed by atoms with van der Waals surface area (Å²) in [5.41, 5.74) is 1.90. The molecule has 0 aliphatic carbocycles. The minimum absolute atomic E-state index is 0.214. The van der Waals surface area contributed by atoms with Crippen molar-refractivity contribution in [2.45, 2.75) is 13.0 Å². The molecular formula is C22H24N2O3. The molecule has 0 aliphatic heterocycles. The van der Waals surface area contributed by atoms with E-state index in [9.17, 15) is 4.79 Å². The molecule has 2 aromatic carbocycles. The summed E-state index contributed by atoms with van der Waals surface area (Å²) < 4.78 is 11.1. The zero-order valence-electron chi connectivity index (χ0n) is 15.4. The summed E-state index contributed by atoms with van der Waals surface area (Å²) in [6.07, 6.45) is 2.36. The van der Waals surface area contributed by atoms with Gasteiger partial charge >= 0.3 is 0 Å². The van der Waals surface area contributed by atoms with Crippen molar-refractivity contribution in [1.82, 2.24) is 5.32 Å². The maximum atomic E-state index is 12.4. The lowest BCUT2D eigenvalue weighted by Crippen LogP contribution is -2.28. The molecule has 0 aliphatic rings. The van der Waals surface area contributed by atoms with Crippen LogP contribution in [0.1, 0.15) is 22.5 Å². The first kappa shape index (κ1) is 18.6. The van der Waals surface area contributed by atoms with Crippen molar-refractivity contribution in [2.24, 2.45) is 0 Å². The van der Waals surface area contributed by atoms with Gasteiger partial charge in [0, 0.05) is 31.4 Å². The van der Waals surface area contributed by atoms with Gasteiger partial charge in [0.2, 0.25) is 0 Å². The molecule has 0 saturated heterocycles. The third kappa shape index (κ3) is 5.38. The Kier molecular flexibility index (Phi) is 6.52. The average molecular weight is 364 g/mol. The number of nitrogens with zero attached hydrogens (tertiary/aromatic N) is 1. The van der Waals surface area contributed by atoms with Gasteiger partial charge in [-0.3, -0.25) is 4.79 Å². The summed E-state index contributed by atoms with van der Waals surface area (Å²) >= 11 is 0. The van der Waals surface area contributed by atoms with E-state index in [0.29, 0.717) is 18.9 Å². The number of rotatable bonds is 9. The fourth-order valence-electron chi connectivity index (χ4n) is 2.74. The van der Waals surface area contributed by atoms with Gasteiger partial charge in [-0.2, -0.15) is 0 Å². The van der Waals surface area contributed by atoms with Crippen LogP contribution < -0.4 is 15.0 Å². The molecule has 0 bridgehead atoms. The molecule has 0 radical (unpaired) electrons. The van der Waals surface area contributed by atoms with Crippen molar-refractivity contribution in [1.29, 1.82) is 0 Å². The van der Waals surface area contributed by atoms with Gasteiger partial charge < -0.3 is 19.4 Å². The topological polar surface area (TPSA) is 54.7 Å². The molecule has 0 unspecified atom stereocenters. The number of furan rings is 1. The number of anilines is 1. The Bertz CT molecular complexity index is 831. The molecule has 5 heteroatoms. The van der Waals surface area contributed by atoms with Crippen molar-refractivity contribution in [3.63, 3.8) is 0 Å². The van der Waals surface area contributed by atoms with Crippen LogP contribution in [0.4, 0.5) is 5.69 Å². The van der Waals surface area contributed by atoms with E-state index in [0.717, 1.165) is 30.0 Å². The third-order valence-corrected chi connectivity index (χ3v) is 4.24.